The van der Waals surface area contributed by atoms with Crippen molar-refractivity contribution in [3.05, 3.63) is 46.7 Å². The number of carbonyl (C=O) groups excluding carboxylic acids is 1. The summed E-state index contributed by atoms with van der Waals surface area (Å²) in [5.74, 6) is -0.206. The van der Waals surface area contributed by atoms with E-state index in [-0.39, 0.29) is 5.91 Å². The van der Waals surface area contributed by atoms with E-state index in [0.29, 0.717) is 22.8 Å². The van der Waals surface area contributed by atoms with Crippen molar-refractivity contribution in [3.63, 3.8) is 0 Å². The Morgan fingerprint density at radius 3 is 2.89 bits per heavy atom. The van der Waals surface area contributed by atoms with Crippen molar-refractivity contribution in [1.82, 2.24) is 15.1 Å². The zero-order chi connectivity index (χ0) is 13.1. The van der Waals surface area contributed by atoms with Gasteiger partial charge in [0, 0.05) is 18.8 Å². The summed E-state index contributed by atoms with van der Waals surface area (Å²) < 4.78 is 1.68. The van der Waals surface area contributed by atoms with Gasteiger partial charge in [-0.1, -0.05) is 11.6 Å². The normalized spacial score (nSPS) is 10.3. The first-order chi connectivity index (χ1) is 8.56. The van der Waals surface area contributed by atoms with Crippen molar-refractivity contribution in [3.8, 4) is 0 Å². The second-order valence-corrected chi connectivity index (χ2v) is 4.31. The van der Waals surface area contributed by atoms with Gasteiger partial charge in [-0.05, 0) is 24.3 Å². The SMILES string of the molecule is Cn1ccc(CNC(=O)c2ccc(N)c(Cl)c2)n1. The molecule has 0 fully saturated rings. The lowest BCUT2D eigenvalue weighted by atomic mass is 10.2. The Balaban J connectivity index is 2.01. The average Bonchev–Trinajstić information content (AvgIpc) is 2.75. The highest BCUT2D eigenvalue weighted by Gasteiger charge is 2.08. The van der Waals surface area contributed by atoms with Gasteiger partial charge in [0.25, 0.3) is 5.91 Å². The quantitative estimate of drug-likeness (QED) is 0.827. The number of amides is 1. The first kappa shape index (κ1) is 12.4. The maximum absolute atomic E-state index is 11.8. The number of aryl methyl sites for hydroxylation is 1. The molecule has 18 heavy (non-hydrogen) atoms. The van der Waals surface area contributed by atoms with Gasteiger partial charge in [-0.25, -0.2) is 0 Å². The Labute approximate surface area is 110 Å². The molecule has 3 N–H and O–H groups in total. The molecule has 1 heterocycles. The molecular formula is C12H13ClN4O. The summed E-state index contributed by atoms with van der Waals surface area (Å²) >= 11 is 5.86. The van der Waals surface area contributed by atoms with Gasteiger partial charge in [0.15, 0.2) is 0 Å². The van der Waals surface area contributed by atoms with E-state index >= 15 is 0 Å². The third-order valence-corrected chi connectivity index (χ3v) is 2.79. The molecule has 0 saturated carbocycles. The van der Waals surface area contributed by atoms with Crippen molar-refractivity contribution in [1.29, 1.82) is 0 Å². The highest BCUT2D eigenvalue weighted by atomic mass is 35.5. The smallest absolute Gasteiger partial charge is 0.251 e. The number of benzene rings is 1. The number of nitrogens with two attached hydrogens (primary N) is 1. The fourth-order valence-corrected chi connectivity index (χ4v) is 1.68. The van der Waals surface area contributed by atoms with Gasteiger partial charge < -0.3 is 11.1 Å². The number of hydrogen-bond acceptors (Lipinski definition) is 3. The second-order valence-electron chi connectivity index (χ2n) is 3.90. The topological polar surface area (TPSA) is 72.9 Å². The van der Waals surface area contributed by atoms with E-state index in [2.05, 4.69) is 10.4 Å². The summed E-state index contributed by atoms with van der Waals surface area (Å²) in [5.41, 5.74) is 7.31. The van der Waals surface area contributed by atoms with Crippen LogP contribution in [0.3, 0.4) is 0 Å². The highest BCUT2D eigenvalue weighted by Crippen LogP contribution is 2.19. The number of anilines is 1. The fraction of sp³-hybridized carbons (Fsp3) is 0.167. The Morgan fingerprint density at radius 2 is 2.28 bits per heavy atom. The minimum atomic E-state index is -0.206. The van der Waals surface area contributed by atoms with E-state index in [9.17, 15) is 4.79 Å². The minimum Gasteiger partial charge on any atom is -0.398 e. The Morgan fingerprint density at radius 1 is 1.50 bits per heavy atom. The lowest BCUT2D eigenvalue weighted by Gasteiger charge is -2.05. The summed E-state index contributed by atoms with van der Waals surface area (Å²) in [6, 6.07) is 6.63. The molecule has 2 rings (SSSR count). The van der Waals surface area contributed by atoms with Crippen LogP contribution in [0.5, 0.6) is 0 Å². The summed E-state index contributed by atoms with van der Waals surface area (Å²) in [6.45, 7) is 0.377. The zero-order valence-corrected chi connectivity index (χ0v) is 10.6. The van der Waals surface area contributed by atoms with Gasteiger partial charge >= 0.3 is 0 Å². The predicted molar refractivity (Wildman–Crippen MR) is 70.2 cm³/mol. The van der Waals surface area contributed by atoms with Crippen LogP contribution in [0.4, 0.5) is 5.69 Å². The molecule has 94 valence electrons. The molecule has 0 aliphatic heterocycles. The van der Waals surface area contributed by atoms with E-state index < -0.39 is 0 Å². The first-order valence-corrected chi connectivity index (χ1v) is 5.76. The van der Waals surface area contributed by atoms with Gasteiger partial charge in [0.2, 0.25) is 0 Å². The number of hydrogen-bond donors (Lipinski definition) is 2. The standard InChI is InChI=1S/C12H13ClN4O/c1-17-5-4-9(16-17)7-15-12(18)8-2-3-11(14)10(13)6-8/h2-6H,7,14H2,1H3,(H,15,18). The number of rotatable bonds is 3. The summed E-state index contributed by atoms with van der Waals surface area (Å²) in [4.78, 5) is 11.8. The monoisotopic (exact) mass is 264 g/mol. The van der Waals surface area contributed by atoms with Gasteiger partial charge in [0.05, 0.1) is 22.9 Å². The molecular weight excluding hydrogens is 252 g/mol. The Kier molecular flexibility index (Phi) is 3.53. The Bertz CT molecular complexity index is 579. The lowest BCUT2D eigenvalue weighted by Crippen LogP contribution is -2.23. The van der Waals surface area contributed by atoms with Crippen LogP contribution in [0.1, 0.15) is 16.1 Å². The van der Waals surface area contributed by atoms with Crippen LogP contribution in [-0.4, -0.2) is 15.7 Å². The van der Waals surface area contributed by atoms with Crippen molar-refractivity contribution >= 4 is 23.2 Å². The van der Waals surface area contributed by atoms with Crippen molar-refractivity contribution in [2.24, 2.45) is 7.05 Å². The minimum absolute atomic E-state index is 0.206. The van der Waals surface area contributed by atoms with Crippen LogP contribution < -0.4 is 11.1 Å². The molecule has 2 aromatic rings. The highest BCUT2D eigenvalue weighted by molar-refractivity contribution is 6.33. The largest absolute Gasteiger partial charge is 0.398 e. The van der Waals surface area contributed by atoms with Crippen LogP contribution >= 0.6 is 11.6 Å². The molecule has 0 saturated heterocycles. The number of halogens is 1. The van der Waals surface area contributed by atoms with Crippen molar-refractivity contribution in [2.75, 3.05) is 5.73 Å². The fourth-order valence-electron chi connectivity index (χ4n) is 1.50. The number of nitrogen functional groups attached to an aromatic ring is 1. The molecule has 1 aromatic carbocycles. The van der Waals surface area contributed by atoms with E-state index in [1.54, 1.807) is 22.9 Å². The van der Waals surface area contributed by atoms with Crippen LogP contribution in [0.15, 0.2) is 30.5 Å². The second kappa shape index (κ2) is 5.10. The van der Waals surface area contributed by atoms with E-state index in [4.69, 9.17) is 17.3 Å². The molecule has 0 unspecified atom stereocenters. The molecule has 0 bridgehead atoms. The summed E-state index contributed by atoms with van der Waals surface area (Å²) in [5, 5.41) is 7.30. The first-order valence-electron chi connectivity index (χ1n) is 5.38. The average molecular weight is 265 g/mol. The van der Waals surface area contributed by atoms with E-state index in [0.717, 1.165) is 5.69 Å². The van der Waals surface area contributed by atoms with Crippen LogP contribution in [-0.2, 0) is 13.6 Å². The summed E-state index contributed by atoms with van der Waals surface area (Å²) in [7, 11) is 1.82. The molecule has 0 radical (unpaired) electrons. The predicted octanol–water partition coefficient (Wildman–Crippen LogP) is 1.59. The molecule has 0 spiro atoms. The van der Waals surface area contributed by atoms with Gasteiger partial charge in [0.1, 0.15) is 0 Å². The molecule has 0 atom stereocenters. The van der Waals surface area contributed by atoms with E-state index in [1.807, 2.05) is 19.3 Å². The lowest BCUT2D eigenvalue weighted by molar-refractivity contribution is 0.0950. The van der Waals surface area contributed by atoms with E-state index in [1.165, 1.54) is 0 Å². The van der Waals surface area contributed by atoms with Crippen LogP contribution in [0, 0.1) is 0 Å². The molecule has 1 aromatic heterocycles. The molecule has 5 nitrogen and oxygen atoms in total. The molecule has 1 amide bonds. The number of nitrogens with one attached hydrogen (secondary N) is 1. The summed E-state index contributed by atoms with van der Waals surface area (Å²) in [6.07, 6.45) is 1.82. The third-order valence-electron chi connectivity index (χ3n) is 2.46. The van der Waals surface area contributed by atoms with Crippen LogP contribution in [0.2, 0.25) is 5.02 Å². The van der Waals surface area contributed by atoms with Gasteiger partial charge in [-0.15, -0.1) is 0 Å². The van der Waals surface area contributed by atoms with Crippen LogP contribution in [0.25, 0.3) is 0 Å². The molecule has 0 aliphatic carbocycles. The number of aromatic nitrogens is 2. The van der Waals surface area contributed by atoms with Crippen molar-refractivity contribution < 1.29 is 4.79 Å². The maximum atomic E-state index is 11.8. The molecule has 6 heteroatoms. The zero-order valence-electron chi connectivity index (χ0n) is 9.85. The molecule has 0 aliphatic rings. The van der Waals surface area contributed by atoms with Gasteiger partial charge in [-0.3, -0.25) is 9.48 Å². The number of carbonyl (C=O) groups is 1. The van der Waals surface area contributed by atoms with Crippen molar-refractivity contribution in [2.45, 2.75) is 6.54 Å². The number of nitrogens with zero attached hydrogens (tertiary/aromatic N) is 2. The Hall–Kier alpha value is -2.01. The maximum Gasteiger partial charge on any atom is 0.251 e. The third kappa shape index (κ3) is 2.81. The van der Waals surface area contributed by atoms with Gasteiger partial charge in [-0.2, -0.15) is 5.10 Å².